The molecule has 0 aliphatic rings. The van der Waals surface area contributed by atoms with E-state index >= 15 is 0 Å². The lowest BCUT2D eigenvalue weighted by atomic mass is 10.9. The second-order valence-electron chi connectivity index (χ2n) is 2.25. The molecule has 0 saturated heterocycles. The van der Waals surface area contributed by atoms with E-state index in [0.29, 0.717) is 6.61 Å². The highest BCUT2D eigenvalue weighted by molar-refractivity contribution is 7.54. The molecule has 7 heteroatoms. The van der Waals surface area contributed by atoms with Crippen molar-refractivity contribution in [3.8, 4) is 0 Å². The summed E-state index contributed by atoms with van der Waals surface area (Å²) in [5, 5.41) is 0. The number of rotatable bonds is 7. The molecular weight excluding hydrogens is 214 g/mol. The van der Waals surface area contributed by atoms with Gasteiger partial charge in [0.1, 0.15) is 0 Å². The molecule has 0 radical (unpaired) electrons. The molecule has 0 rings (SSSR count). The van der Waals surface area contributed by atoms with Gasteiger partial charge in [-0.2, -0.15) is 0 Å². The Kier molecular flexibility index (Phi) is 6.74. The summed E-state index contributed by atoms with van der Waals surface area (Å²) < 4.78 is 31.3. The lowest BCUT2D eigenvalue weighted by Gasteiger charge is -2.06. The Balaban J connectivity index is 3.74. The molecule has 0 aliphatic carbocycles. The van der Waals surface area contributed by atoms with Crippen LogP contribution in [-0.2, 0) is 18.2 Å². The second kappa shape index (κ2) is 6.63. The molecule has 0 aromatic heterocycles. The van der Waals surface area contributed by atoms with Gasteiger partial charge in [0.15, 0.2) is 6.16 Å². The Labute approximate surface area is 78.8 Å². The Morgan fingerprint density at radius 1 is 1.38 bits per heavy atom. The minimum absolute atomic E-state index is 0.0664. The van der Waals surface area contributed by atoms with Crippen molar-refractivity contribution >= 4 is 15.6 Å². The number of hydrogen-bond donors (Lipinski definition) is 1. The zero-order valence-corrected chi connectivity index (χ0v) is 9.59. The molecule has 0 aliphatic heterocycles. The zero-order valence-electron chi connectivity index (χ0n) is 7.80. The largest absolute Gasteiger partial charge is 0.508 e. The third kappa shape index (κ3) is 7.29. The van der Waals surface area contributed by atoms with Gasteiger partial charge < -0.3 is 9.42 Å². The van der Waals surface area contributed by atoms with E-state index in [1.807, 2.05) is 0 Å². The Morgan fingerprint density at radius 2 is 2.00 bits per heavy atom. The molecule has 78 valence electrons. The first-order chi connectivity index (χ1) is 6.02. The van der Waals surface area contributed by atoms with E-state index in [-0.39, 0.29) is 18.9 Å². The lowest BCUT2D eigenvalue weighted by Crippen LogP contribution is -1.97. The number of hydrogen-bond acceptors (Lipinski definition) is 4. The zero-order chi connectivity index (χ0) is 10.3. The minimum Gasteiger partial charge on any atom is -0.324 e. The normalized spacial score (nSPS) is 16.7. The predicted octanol–water partition coefficient (Wildman–Crippen LogP) is 1.99. The van der Waals surface area contributed by atoms with E-state index in [0.717, 1.165) is 0 Å². The van der Waals surface area contributed by atoms with Crippen LogP contribution in [0.15, 0.2) is 0 Å². The summed E-state index contributed by atoms with van der Waals surface area (Å²) in [7, 11) is -5.35. The highest BCUT2D eigenvalue weighted by atomic mass is 31.2. The molecule has 0 aromatic carbocycles. The summed E-state index contributed by atoms with van der Waals surface area (Å²) in [6, 6.07) is 0. The van der Waals surface area contributed by atoms with Crippen LogP contribution in [0.3, 0.4) is 0 Å². The van der Waals surface area contributed by atoms with Crippen LogP contribution in [0.2, 0.25) is 0 Å². The lowest BCUT2D eigenvalue weighted by molar-refractivity contribution is 0.274. The molecule has 0 heterocycles. The van der Waals surface area contributed by atoms with E-state index in [2.05, 4.69) is 4.52 Å². The molecule has 0 spiro atoms. The maximum absolute atomic E-state index is 11.1. The third-order valence-electron chi connectivity index (χ3n) is 1.17. The molecule has 0 amide bonds. The molecular formula is C6H15O5P2+. The van der Waals surface area contributed by atoms with Gasteiger partial charge in [-0.25, -0.2) is 0 Å². The molecule has 5 nitrogen and oxygen atoms in total. The van der Waals surface area contributed by atoms with Crippen molar-refractivity contribution in [2.75, 3.05) is 25.5 Å². The Morgan fingerprint density at radius 3 is 2.46 bits per heavy atom. The Bertz CT molecular complexity index is 205. The fourth-order valence-electron chi connectivity index (χ4n) is 0.683. The van der Waals surface area contributed by atoms with Gasteiger partial charge in [-0.3, -0.25) is 4.57 Å². The SMILES string of the molecule is CCO[P+](=O)CCP(=O)(O)OCC. The highest BCUT2D eigenvalue weighted by Crippen LogP contribution is 2.43. The van der Waals surface area contributed by atoms with Crippen molar-refractivity contribution in [3.63, 3.8) is 0 Å². The average molecular weight is 229 g/mol. The maximum Gasteiger partial charge on any atom is 0.508 e. The van der Waals surface area contributed by atoms with Crippen molar-refractivity contribution in [3.05, 3.63) is 0 Å². The first kappa shape index (κ1) is 13.2. The van der Waals surface area contributed by atoms with Gasteiger partial charge in [-0.15, -0.1) is 4.52 Å². The summed E-state index contributed by atoms with van der Waals surface area (Å²) >= 11 is 0. The molecule has 1 N–H and O–H groups in total. The molecule has 0 saturated carbocycles. The van der Waals surface area contributed by atoms with Gasteiger partial charge in [0.25, 0.3) is 0 Å². The molecule has 13 heavy (non-hydrogen) atoms. The van der Waals surface area contributed by atoms with E-state index < -0.39 is 15.6 Å². The predicted molar refractivity (Wildman–Crippen MR) is 50.4 cm³/mol. The van der Waals surface area contributed by atoms with Crippen molar-refractivity contribution in [1.29, 1.82) is 0 Å². The summed E-state index contributed by atoms with van der Waals surface area (Å²) in [6.07, 6.45) is -0.0486. The monoisotopic (exact) mass is 229 g/mol. The van der Waals surface area contributed by atoms with Gasteiger partial charge in [0.2, 0.25) is 0 Å². The van der Waals surface area contributed by atoms with Gasteiger partial charge in [0, 0.05) is 0 Å². The van der Waals surface area contributed by atoms with E-state index in [1.54, 1.807) is 13.8 Å². The Hall–Kier alpha value is 0.210. The van der Waals surface area contributed by atoms with Crippen LogP contribution < -0.4 is 0 Å². The van der Waals surface area contributed by atoms with Gasteiger partial charge in [0.05, 0.1) is 19.4 Å². The highest BCUT2D eigenvalue weighted by Gasteiger charge is 2.26. The topological polar surface area (TPSA) is 72.8 Å². The minimum atomic E-state index is -3.53. The van der Waals surface area contributed by atoms with Crippen molar-refractivity contribution < 1.29 is 23.1 Å². The van der Waals surface area contributed by atoms with Crippen molar-refractivity contribution in [1.82, 2.24) is 0 Å². The van der Waals surface area contributed by atoms with Crippen LogP contribution in [0.25, 0.3) is 0 Å². The van der Waals surface area contributed by atoms with Crippen LogP contribution in [0, 0.1) is 0 Å². The van der Waals surface area contributed by atoms with Crippen LogP contribution in [0.4, 0.5) is 0 Å². The summed E-state index contributed by atoms with van der Waals surface area (Å²) in [5.41, 5.74) is 0. The maximum atomic E-state index is 11.1. The van der Waals surface area contributed by atoms with Crippen LogP contribution in [-0.4, -0.2) is 30.4 Å². The summed E-state index contributed by atoms with van der Waals surface area (Å²) in [4.78, 5) is 9.08. The third-order valence-corrected chi connectivity index (χ3v) is 4.11. The van der Waals surface area contributed by atoms with Crippen LogP contribution >= 0.6 is 15.6 Å². The molecule has 0 bridgehead atoms. The summed E-state index contributed by atoms with van der Waals surface area (Å²) in [6.45, 7) is 3.87. The fourth-order valence-corrected chi connectivity index (χ4v) is 3.30. The fraction of sp³-hybridized carbons (Fsp3) is 1.00. The van der Waals surface area contributed by atoms with Crippen molar-refractivity contribution in [2.24, 2.45) is 0 Å². The van der Waals surface area contributed by atoms with Gasteiger partial charge >= 0.3 is 15.6 Å². The van der Waals surface area contributed by atoms with Gasteiger partial charge in [-0.05, 0) is 18.4 Å². The smallest absolute Gasteiger partial charge is 0.324 e. The molecule has 2 atom stereocenters. The van der Waals surface area contributed by atoms with E-state index in [1.165, 1.54) is 0 Å². The molecule has 0 fully saturated rings. The second-order valence-corrected chi connectivity index (χ2v) is 5.60. The van der Waals surface area contributed by atoms with E-state index in [4.69, 9.17) is 9.42 Å². The van der Waals surface area contributed by atoms with Crippen LogP contribution in [0.1, 0.15) is 13.8 Å². The first-order valence-corrected chi connectivity index (χ1v) is 7.18. The first-order valence-electron chi connectivity index (χ1n) is 4.05. The van der Waals surface area contributed by atoms with Crippen LogP contribution in [0.5, 0.6) is 0 Å². The summed E-state index contributed by atoms with van der Waals surface area (Å²) in [5.74, 6) is 0. The van der Waals surface area contributed by atoms with E-state index in [9.17, 15) is 9.13 Å². The average Bonchev–Trinajstić information content (AvgIpc) is 2.02. The van der Waals surface area contributed by atoms with Gasteiger partial charge in [-0.1, -0.05) is 0 Å². The van der Waals surface area contributed by atoms with Crippen molar-refractivity contribution in [2.45, 2.75) is 13.8 Å². The quantitative estimate of drug-likeness (QED) is 0.675. The molecule has 2 unspecified atom stereocenters. The molecule has 0 aromatic rings. The standard InChI is InChI=1S/C6H14O5P2/c1-3-10-12(7)5-6-13(8,9)11-4-2/h3-6H2,1-2H3/p+1.